The van der Waals surface area contributed by atoms with Gasteiger partial charge in [-0.2, -0.15) is 0 Å². The fourth-order valence-corrected chi connectivity index (χ4v) is 4.48. The molecule has 1 fully saturated rings. The van der Waals surface area contributed by atoms with Crippen molar-refractivity contribution in [3.8, 4) is 11.5 Å². The minimum atomic E-state index is -3.57. The van der Waals surface area contributed by atoms with Crippen molar-refractivity contribution < 1.29 is 22.7 Å². The molecule has 2 N–H and O–H groups in total. The van der Waals surface area contributed by atoms with Crippen LogP contribution in [0.3, 0.4) is 0 Å². The van der Waals surface area contributed by atoms with Gasteiger partial charge in [-0.1, -0.05) is 31.4 Å². The van der Waals surface area contributed by atoms with Crippen molar-refractivity contribution in [2.45, 2.75) is 43.0 Å². The van der Waals surface area contributed by atoms with Gasteiger partial charge in [-0.15, -0.1) is 0 Å². The van der Waals surface area contributed by atoms with E-state index in [1.54, 1.807) is 24.3 Å². The Morgan fingerprint density at radius 1 is 0.964 bits per heavy atom. The second-order valence-corrected chi connectivity index (χ2v) is 8.36. The number of carbonyl (C=O) groups is 1. The molecule has 1 aliphatic carbocycles. The molecule has 0 aliphatic heterocycles. The predicted octanol–water partition coefficient (Wildman–Crippen LogP) is 3.92. The molecular formula is C20H24N2O5S. The predicted molar refractivity (Wildman–Crippen MR) is 106 cm³/mol. The summed E-state index contributed by atoms with van der Waals surface area (Å²) < 4.78 is 38.1. The molecule has 0 saturated heterocycles. The Morgan fingerprint density at radius 2 is 1.61 bits per heavy atom. The maximum atomic E-state index is 12.5. The van der Waals surface area contributed by atoms with Crippen LogP contribution in [-0.4, -0.2) is 27.7 Å². The number of methoxy groups -OCH3 is 1. The van der Waals surface area contributed by atoms with Crippen LogP contribution in [0.1, 0.15) is 32.1 Å². The Bertz CT molecular complexity index is 906. The number of benzene rings is 2. The third-order valence-electron chi connectivity index (χ3n) is 4.61. The van der Waals surface area contributed by atoms with Gasteiger partial charge in [0.25, 0.3) is 0 Å². The van der Waals surface area contributed by atoms with Crippen molar-refractivity contribution in [2.75, 3.05) is 12.4 Å². The molecule has 0 spiro atoms. The van der Waals surface area contributed by atoms with E-state index in [1.165, 1.54) is 31.4 Å². The zero-order valence-electron chi connectivity index (χ0n) is 15.7. The molecular weight excluding hydrogens is 380 g/mol. The highest BCUT2D eigenvalue weighted by Crippen LogP contribution is 2.26. The van der Waals surface area contributed by atoms with E-state index in [1.807, 2.05) is 0 Å². The lowest BCUT2D eigenvalue weighted by Gasteiger charge is -2.22. The van der Waals surface area contributed by atoms with Crippen LogP contribution in [0, 0.1) is 0 Å². The molecule has 1 amide bonds. The standard InChI is InChI=1S/C20H24N2O5S/c1-26-18-9-5-6-10-19(18)27-20(23)21-15-11-13-17(14-12-15)28(24,25)22-16-7-3-2-4-8-16/h5-6,9-14,16,22H,2-4,7-8H2,1H3,(H,21,23). The first-order valence-corrected chi connectivity index (χ1v) is 10.7. The van der Waals surface area contributed by atoms with Gasteiger partial charge in [0.2, 0.25) is 10.0 Å². The van der Waals surface area contributed by atoms with Crippen LogP contribution >= 0.6 is 0 Å². The van der Waals surface area contributed by atoms with Crippen LogP contribution < -0.4 is 19.5 Å². The zero-order chi connectivity index (χ0) is 20.0. The van der Waals surface area contributed by atoms with Gasteiger partial charge < -0.3 is 9.47 Å². The van der Waals surface area contributed by atoms with E-state index in [-0.39, 0.29) is 10.9 Å². The van der Waals surface area contributed by atoms with Gasteiger partial charge >= 0.3 is 6.09 Å². The number of ether oxygens (including phenoxy) is 2. The fourth-order valence-electron chi connectivity index (χ4n) is 3.17. The van der Waals surface area contributed by atoms with Gasteiger partial charge in [-0.25, -0.2) is 17.9 Å². The quantitative estimate of drug-likeness (QED) is 0.761. The molecule has 0 unspecified atom stereocenters. The van der Waals surface area contributed by atoms with Crippen molar-refractivity contribution in [3.63, 3.8) is 0 Å². The number of hydrogen-bond acceptors (Lipinski definition) is 5. The Balaban J connectivity index is 1.61. The molecule has 0 atom stereocenters. The minimum Gasteiger partial charge on any atom is -0.493 e. The number of sulfonamides is 1. The first kappa shape index (κ1) is 20.2. The Labute approximate surface area is 165 Å². The monoisotopic (exact) mass is 404 g/mol. The highest BCUT2D eigenvalue weighted by atomic mass is 32.2. The van der Waals surface area contributed by atoms with Crippen molar-refractivity contribution in [1.29, 1.82) is 0 Å². The van der Waals surface area contributed by atoms with E-state index in [2.05, 4.69) is 10.0 Å². The molecule has 2 aromatic rings. The minimum absolute atomic E-state index is 0.00705. The summed E-state index contributed by atoms with van der Waals surface area (Å²) in [5.41, 5.74) is 0.427. The summed E-state index contributed by atoms with van der Waals surface area (Å²) in [6.45, 7) is 0. The maximum absolute atomic E-state index is 12.5. The number of para-hydroxylation sites is 2. The van der Waals surface area contributed by atoms with Crippen molar-refractivity contribution in [3.05, 3.63) is 48.5 Å². The first-order chi connectivity index (χ1) is 13.5. The van der Waals surface area contributed by atoms with Crippen LogP contribution in [-0.2, 0) is 10.0 Å². The molecule has 0 bridgehead atoms. The SMILES string of the molecule is COc1ccccc1OC(=O)Nc1ccc(S(=O)(=O)NC2CCCCC2)cc1. The van der Waals surface area contributed by atoms with E-state index in [4.69, 9.17) is 9.47 Å². The Morgan fingerprint density at radius 3 is 2.25 bits per heavy atom. The molecule has 7 nitrogen and oxygen atoms in total. The van der Waals surface area contributed by atoms with E-state index in [0.717, 1.165) is 32.1 Å². The zero-order valence-corrected chi connectivity index (χ0v) is 16.5. The lowest BCUT2D eigenvalue weighted by Crippen LogP contribution is -2.36. The van der Waals surface area contributed by atoms with Crippen molar-refractivity contribution >= 4 is 21.8 Å². The van der Waals surface area contributed by atoms with Crippen molar-refractivity contribution in [2.24, 2.45) is 0 Å². The largest absolute Gasteiger partial charge is 0.493 e. The van der Waals surface area contributed by atoms with Crippen molar-refractivity contribution in [1.82, 2.24) is 4.72 Å². The normalized spacial score (nSPS) is 15.0. The summed E-state index contributed by atoms with van der Waals surface area (Å²) in [4.78, 5) is 12.2. The fraction of sp³-hybridized carbons (Fsp3) is 0.350. The smallest absolute Gasteiger partial charge is 0.417 e. The molecule has 0 radical (unpaired) electrons. The van der Waals surface area contributed by atoms with Gasteiger partial charge in [-0.05, 0) is 49.2 Å². The topological polar surface area (TPSA) is 93.7 Å². The van der Waals surface area contributed by atoms with Crippen LogP contribution in [0.4, 0.5) is 10.5 Å². The second kappa shape index (κ2) is 9.07. The van der Waals surface area contributed by atoms with Gasteiger partial charge in [0.1, 0.15) is 0 Å². The number of nitrogens with one attached hydrogen (secondary N) is 2. The van der Waals surface area contributed by atoms with E-state index in [0.29, 0.717) is 17.2 Å². The Kier molecular flexibility index (Phi) is 6.53. The van der Waals surface area contributed by atoms with E-state index >= 15 is 0 Å². The molecule has 2 aromatic carbocycles. The third-order valence-corrected chi connectivity index (χ3v) is 6.15. The van der Waals surface area contributed by atoms with Gasteiger partial charge in [0.15, 0.2) is 11.5 Å². The molecule has 1 saturated carbocycles. The summed E-state index contributed by atoms with van der Waals surface area (Å²) in [5.74, 6) is 0.728. The number of amides is 1. The number of hydrogen-bond donors (Lipinski definition) is 2. The number of rotatable bonds is 6. The summed E-state index contributed by atoms with van der Waals surface area (Å²) in [6.07, 6.45) is 4.29. The lowest BCUT2D eigenvalue weighted by molar-refractivity contribution is 0.213. The lowest BCUT2D eigenvalue weighted by atomic mass is 9.96. The molecule has 3 rings (SSSR count). The first-order valence-electron chi connectivity index (χ1n) is 9.22. The average molecular weight is 404 g/mol. The molecule has 1 aliphatic rings. The van der Waals surface area contributed by atoms with Crippen LogP contribution in [0.5, 0.6) is 11.5 Å². The van der Waals surface area contributed by atoms with Gasteiger partial charge in [0.05, 0.1) is 12.0 Å². The molecule has 8 heteroatoms. The maximum Gasteiger partial charge on any atom is 0.417 e. The van der Waals surface area contributed by atoms with Gasteiger partial charge in [-0.3, -0.25) is 5.32 Å². The second-order valence-electron chi connectivity index (χ2n) is 6.65. The van der Waals surface area contributed by atoms with Crippen LogP contribution in [0.2, 0.25) is 0 Å². The molecule has 28 heavy (non-hydrogen) atoms. The summed E-state index contributed by atoms with van der Waals surface area (Å²) in [7, 11) is -2.09. The molecule has 0 heterocycles. The highest BCUT2D eigenvalue weighted by molar-refractivity contribution is 7.89. The Hall–Kier alpha value is -2.58. The number of carbonyl (C=O) groups excluding carboxylic acids is 1. The van der Waals surface area contributed by atoms with Crippen LogP contribution in [0.15, 0.2) is 53.4 Å². The number of anilines is 1. The van der Waals surface area contributed by atoms with E-state index in [9.17, 15) is 13.2 Å². The highest BCUT2D eigenvalue weighted by Gasteiger charge is 2.21. The summed E-state index contributed by atoms with van der Waals surface area (Å²) in [5, 5.41) is 2.57. The van der Waals surface area contributed by atoms with Gasteiger partial charge in [0, 0.05) is 11.7 Å². The summed E-state index contributed by atoms with van der Waals surface area (Å²) >= 11 is 0. The third kappa shape index (κ3) is 5.24. The average Bonchev–Trinajstić information content (AvgIpc) is 2.69. The molecule has 0 aromatic heterocycles. The molecule has 150 valence electrons. The summed E-state index contributed by atoms with van der Waals surface area (Å²) in [6, 6.07) is 12.8. The van der Waals surface area contributed by atoms with E-state index < -0.39 is 16.1 Å². The van der Waals surface area contributed by atoms with Crippen LogP contribution in [0.25, 0.3) is 0 Å².